The maximum Gasteiger partial charge on any atom is 0.244 e. The van der Waals surface area contributed by atoms with Crippen LogP contribution in [0, 0.1) is 17.5 Å². The molecular formula is C17H15F3N2O3. The van der Waals surface area contributed by atoms with Gasteiger partial charge >= 0.3 is 0 Å². The summed E-state index contributed by atoms with van der Waals surface area (Å²) in [4.78, 5) is 25.0. The van der Waals surface area contributed by atoms with Crippen LogP contribution in [-0.4, -0.2) is 25.5 Å². The average molecular weight is 352 g/mol. The van der Waals surface area contributed by atoms with Crippen molar-refractivity contribution >= 4 is 23.2 Å². The number of hydrogen-bond donors (Lipinski definition) is 1. The first-order valence-electron chi connectivity index (χ1n) is 7.19. The minimum absolute atomic E-state index is 0.396. The number of amides is 2. The summed E-state index contributed by atoms with van der Waals surface area (Å²) in [6.07, 6.45) is 0. The number of carbonyl (C=O) groups excluding carboxylic acids is 2. The number of nitrogens with one attached hydrogen (secondary N) is 1. The zero-order chi connectivity index (χ0) is 18.6. The lowest BCUT2D eigenvalue weighted by Crippen LogP contribution is -2.36. The van der Waals surface area contributed by atoms with Crippen molar-refractivity contribution in [2.75, 3.05) is 23.9 Å². The molecule has 0 saturated heterocycles. The van der Waals surface area contributed by atoms with Gasteiger partial charge in [0.15, 0.2) is 17.5 Å². The molecule has 25 heavy (non-hydrogen) atoms. The van der Waals surface area contributed by atoms with Crippen LogP contribution < -0.4 is 15.0 Å². The van der Waals surface area contributed by atoms with Gasteiger partial charge in [-0.2, -0.15) is 0 Å². The van der Waals surface area contributed by atoms with E-state index in [1.54, 1.807) is 24.3 Å². The molecule has 5 nitrogen and oxygen atoms in total. The summed E-state index contributed by atoms with van der Waals surface area (Å²) in [6, 6.07) is 8.03. The van der Waals surface area contributed by atoms with Crippen molar-refractivity contribution in [1.29, 1.82) is 0 Å². The summed E-state index contributed by atoms with van der Waals surface area (Å²) >= 11 is 0. The van der Waals surface area contributed by atoms with Gasteiger partial charge in [0, 0.05) is 18.7 Å². The predicted molar refractivity (Wildman–Crippen MR) is 86.0 cm³/mol. The number of anilines is 2. The monoisotopic (exact) mass is 352 g/mol. The van der Waals surface area contributed by atoms with Crippen LogP contribution in [0.2, 0.25) is 0 Å². The molecule has 0 fully saturated rings. The Hall–Kier alpha value is -3.03. The number of halogens is 3. The molecule has 0 aliphatic rings. The third-order valence-electron chi connectivity index (χ3n) is 3.36. The highest BCUT2D eigenvalue weighted by atomic mass is 19.2. The van der Waals surface area contributed by atoms with Crippen LogP contribution in [0.5, 0.6) is 5.75 Å². The molecule has 8 heteroatoms. The van der Waals surface area contributed by atoms with E-state index in [4.69, 9.17) is 4.74 Å². The minimum atomic E-state index is -1.69. The van der Waals surface area contributed by atoms with E-state index in [1.807, 2.05) is 0 Å². The highest BCUT2D eigenvalue weighted by Crippen LogP contribution is 2.22. The quantitative estimate of drug-likeness (QED) is 0.842. The van der Waals surface area contributed by atoms with Gasteiger partial charge in [0.2, 0.25) is 11.8 Å². The number of benzene rings is 2. The van der Waals surface area contributed by atoms with Crippen LogP contribution in [0.25, 0.3) is 0 Å². The molecule has 0 spiro atoms. The van der Waals surface area contributed by atoms with Crippen molar-refractivity contribution in [2.45, 2.75) is 6.92 Å². The highest BCUT2D eigenvalue weighted by molar-refractivity contribution is 6.01. The fourth-order valence-corrected chi connectivity index (χ4v) is 2.12. The summed E-state index contributed by atoms with van der Waals surface area (Å²) in [5.74, 6) is -5.29. The van der Waals surface area contributed by atoms with E-state index in [0.717, 1.165) is 11.0 Å². The third kappa shape index (κ3) is 4.28. The Morgan fingerprint density at radius 1 is 1.12 bits per heavy atom. The van der Waals surface area contributed by atoms with E-state index >= 15 is 0 Å². The molecule has 0 heterocycles. The second-order valence-corrected chi connectivity index (χ2v) is 5.08. The summed E-state index contributed by atoms with van der Waals surface area (Å²) in [5, 5.41) is 2.12. The molecule has 0 atom stereocenters. The van der Waals surface area contributed by atoms with Gasteiger partial charge in [-0.15, -0.1) is 0 Å². The Morgan fingerprint density at radius 3 is 2.48 bits per heavy atom. The maximum atomic E-state index is 13.6. The molecule has 0 aromatic heterocycles. The lowest BCUT2D eigenvalue weighted by molar-refractivity contribution is -0.120. The lowest BCUT2D eigenvalue weighted by atomic mass is 10.2. The third-order valence-corrected chi connectivity index (χ3v) is 3.36. The molecule has 132 valence electrons. The van der Waals surface area contributed by atoms with E-state index in [-0.39, 0.29) is 0 Å². The summed E-state index contributed by atoms with van der Waals surface area (Å²) in [5.41, 5.74) is -0.120. The number of methoxy groups -OCH3 is 1. The molecule has 0 aliphatic heterocycles. The SMILES string of the molecule is COc1cccc(N(CC(=O)Nc2ccc(F)c(F)c2F)C(C)=O)c1. The van der Waals surface area contributed by atoms with E-state index in [1.165, 1.54) is 14.0 Å². The molecular weight excluding hydrogens is 337 g/mol. The van der Waals surface area contributed by atoms with Crippen molar-refractivity contribution in [1.82, 2.24) is 0 Å². The fourth-order valence-electron chi connectivity index (χ4n) is 2.12. The number of hydrogen-bond acceptors (Lipinski definition) is 3. The number of nitrogens with zero attached hydrogens (tertiary/aromatic N) is 1. The molecule has 0 bridgehead atoms. The van der Waals surface area contributed by atoms with E-state index < -0.39 is 41.5 Å². The molecule has 1 N–H and O–H groups in total. The molecule has 0 aliphatic carbocycles. The largest absolute Gasteiger partial charge is 0.497 e. The van der Waals surface area contributed by atoms with Crippen LogP contribution in [-0.2, 0) is 9.59 Å². The highest BCUT2D eigenvalue weighted by Gasteiger charge is 2.19. The molecule has 2 aromatic rings. The van der Waals surface area contributed by atoms with Gasteiger partial charge in [0.25, 0.3) is 0 Å². The van der Waals surface area contributed by atoms with Gasteiger partial charge in [-0.25, -0.2) is 13.2 Å². The summed E-state index contributed by atoms with van der Waals surface area (Å²) in [6.45, 7) is 0.811. The Labute approximate surface area is 142 Å². The molecule has 0 saturated carbocycles. The second-order valence-electron chi connectivity index (χ2n) is 5.08. The van der Waals surface area contributed by atoms with Gasteiger partial charge in [0.1, 0.15) is 12.3 Å². The normalized spacial score (nSPS) is 10.3. The van der Waals surface area contributed by atoms with E-state index in [2.05, 4.69) is 5.32 Å². The van der Waals surface area contributed by atoms with Crippen LogP contribution in [0.1, 0.15) is 6.92 Å². The number of carbonyl (C=O) groups is 2. The van der Waals surface area contributed by atoms with Crippen molar-refractivity contribution in [3.63, 3.8) is 0 Å². The van der Waals surface area contributed by atoms with E-state index in [9.17, 15) is 22.8 Å². The first-order chi connectivity index (χ1) is 11.8. The molecule has 2 amide bonds. The molecule has 0 radical (unpaired) electrons. The van der Waals surface area contributed by atoms with Crippen LogP contribution in [0.4, 0.5) is 24.5 Å². The first kappa shape index (κ1) is 18.3. The minimum Gasteiger partial charge on any atom is -0.497 e. The molecule has 2 aromatic carbocycles. The molecule has 2 rings (SSSR count). The standard InChI is InChI=1S/C17H15F3N2O3/c1-10(23)22(11-4-3-5-12(8-11)25-2)9-15(24)21-14-7-6-13(18)16(19)17(14)20/h3-8H,9H2,1-2H3,(H,21,24). The Bertz CT molecular complexity index is 812. The summed E-state index contributed by atoms with van der Waals surface area (Å²) in [7, 11) is 1.45. The van der Waals surface area contributed by atoms with Crippen LogP contribution in [0.15, 0.2) is 36.4 Å². The number of ether oxygens (including phenoxy) is 1. The van der Waals surface area contributed by atoms with Crippen molar-refractivity contribution < 1.29 is 27.5 Å². The topological polar surface area (TPSA) is 58.6 Å². The predicted octanol–water partition coefficient (Wildman–Crippen LogP) is 3.10. The van der Waals surface area contributed by atoms with Gasteiger partial charge < -0.3 is 15.0 Å². The maximum absolute atomic E-state index is 13.6. The molecule has 0 unspecified atom stereocenters. The van der Waals surface area contributed by atoms with Gasteiger partial charge in [-0.3, -0.25) is 9.59 Å². The lowest BCUT2D eigenvalue weighted by Gasteiger charge is -2.21. The number of rotatable bonds is 5. The van der Waals surface area contributed by atoms with Gasteiger partial charge in [-0.05, 0) is 24.3 Å². The van der Waals surface area contributed by atoms with Crippen molar-refractivity contribution in [3.05, 3.63) is 53.8 Å². The zero-order valence-electron chi connectivity index (χ0n) is 13.5. The summed E-state index contributed by atoms with van der Waals surface area (Å²) < 4.78 is 44.8. The fraction of sp³-hybridized carbons (Fsp3) is 0.176. The van der Waals surface area contributed by atoms with Crippen LogP contribution >= 0.6 is 0 Å². The Kier molecular flexibility index (Phi) is 5.63. The Morgan fingerprint density at radius 2 is 1.84 bits per heavy atom. The second kappa shape index (κ2) is 7.69. The zero-order valence-corrected chi connectivity index (χ0v) is 13.5. The van der Waals surface area contributed by atoms with E-state index in [0.29, 0.717) is 17.5 Å². The van der Waals surface area contributed by atoms with Gasteiger partial charge in [-0.1, -0.05) is 6.07 Å². The van der Waals surface area contributed by atoms with Crippen LogP contribution in [0.3, 0.4) is 0 Å². The first-order valence-corrected chi connectivity index (χ1v) is 7.19. The van der Waals surface area contributed by atoms with Crippen molar-refractivity contribution in [3.8, 4) is 5.75 Å². The van der Waals surface area contributed by atoms with Gasteiger partial charge in [0.05, 0.1) is 12.8 Å². The Balaban J connectivity index is 2.18. The van der Waals surface area contributed by atoms with Crippen molar-refractivity contribution in [2.24, 2.45) is 0 Å². The average Bonchev–Trinajstić information content (AvgIpc) is 2.60. The smallest absolute Gasteiger partial charge is 0.244 e.